The Morgan fingerprint density at radius 2 is 1.00 bits per heavy atom. The van der Waals surface area contributed by atoms with Crippen LogP contribution in [0.2, 0.25) is 0 Å². The van der Waals surface area contributed by atoms with Gasteiger partial charge >= 0.3 is 0 Å². The molecule has 0 N–H and O–H groups in total. The van der Waals surface area contributed by atoms with Crippen molar-refractivity contribution in [3.05, 3.63) is 166 Å². The van der Waals surface area contributed by atoms with E-state index >= 15 is 0 Å². The lowest BCUT2D eigenvalue weighted by atomic mass is 9.70. The summed E-state index contributed by atoms with van der Waals surface area (Å²) in [5.41, 5.74) is 11.7. The smallest absolute Gasteiger partial charge is 0.0275 e. The lowest BCUT2D eigenvalue weighted by Crippen LogP contribution is -2.25. The van der Waals surface area contributed by atoms with E-state index in [0.717, 1.165) is 6.42 Å². The topological polar surface area (TPSA) is 0 Å². The minimum absolute atomic E-state index is 0.308. The van der Waals surface area contributed by atoms with Gasteiger partial charge in [-0.15, -0.1) is 0 Å². The van der Waals surface area contributed by atoms with Gasteiger partial charge in [0.2, 0.25) is 0 Å². The van der Waals surface area contributed by atoms with Gasteiger partial charge in [-0.25, -0.2) is 0 Å². The monoisotopic (exact) mass is 480 g/mol. The average Bonchev–Trinajstić information content (AvgIpc) is 3.22. The Kier molecular flexibility index (Phi) is 6.43. The molecule has 4 aliphatic carbocycles. The fourth-order valence-electron chi connectivity index (χ4n) is 7.20. The maximum atomic E-state index is 2.50. The molecule has 0 saturated heterocycles. The second-order valence-electron chi connectivity index (χ2n) is 10.9. The van der Waals surface area contributed by atoms with Gasteiger partial charge in [-0.3, -0.25) is 0 Å². The van der Waals surface area contributed by atoms with E-state index in [2.05, 4.69) is 142 Å². The van der Waals surface area contributed by atoms with Crippen LogP contribution >= 0.6 is 0 Å². The van der Waals surface area contributed by atoms with Crippen LogP contribution in [0.25, 0.3) is 0 Å². The van der Waals surface area contributed by atoms with Crippen molar-refractivity contribution in [3.8, 4) is 0 Å². The molecule has 4 atom stereocenters. The SMILES string of the molecule is CCC(C1C(C)=CC2=C1C=CC=CC2c1ccccc1)C1C(C)=CC2=C1C=CC=CC2c1ccccc1. The first-order chi connectivity index (χ1) is 18.2. The van der Waals surface area contributed by atoms with Crippen LogP contribution in [0.3, 0.4) is 0 Å². The number of allylic oxidation sites excluding steroid dienone is 16. The maximum absolute atomic E-state index is 2.50. The highest BCUT2D eigenvalue weighted by Crippen LogP contribution is 2.53. The van der Waals surface area contributed by atoms with Crippen LogP contribution in [-0.2, 0) is 0 Å². The Labute approximate surface area is 222 Å². The van der Waals surface area contributed by atoms with Crippen molar-refractivity contribution in [3.63, 3.8) is 0 Å². The van der Waals surface area contributed by atoms with E-state index in [1.807, 2.05) is 0 Å². The lowest BCUT2D eigenvalue weighted by molar-refractivity contribution is 0.344. The van der Waals surface area contributed by atoms with Crippen LogP contribution in [0.5, 0.6) is 0 Å². The lowest BCUT2D eigenvalue weighted by Gasteiger charge is -2.34. The van der Waals surface area contributed by atoms with E-state index in [-0.39, 0.29) is 0 Å². The number of rotatable bonds is 5. The summed E-state index contributed by atoms with van der Waals surface area (Å²) < 4.78 is 0. The van der Waals surface area contributed by atoms with Gasteiger partial charge in [-0.1, -0.05) is 146 Å². The molecule has 4 unspecified atom stereocenters. The standard InChI is InChI=1S/C37H36/c1-4-29(36-25(2)23-34-30(19-11-13-21-32(34)36)27-15-7-5-8-16-27)37-26(3)24-35-31(20-12-14-22-33(35)37)28-17-9-6-10-18-28/h5-24,29-31,36-37H,4H2,1-3H3. The first-order valence-corrected chi connectivity index (χ1v) is 13.8. The van der Waals surface area contributed by atoms with E-state index in [1.54, 1.807) is 0 Å². The van der Waals surface area contributed by atoms with Crippen molar-refractivity contribution in [2.24, 2.45) is 17.8 Å². The summed E-state index contributed by atoms with van der Waals surface area (Å²) in [6.07, 6.45) is 24.7. The third-order valence-electron chi connectivity index (χ3n) is 8.78. The number of benzene rings is 2. The first kappa shape index (κ1) is 23.7. The molecular weight excluding hydrogens is 444 g/mol. The molecule has 0 spiro atoms. The number of hydrogen-bond acceptors (Lipinski definition) is 0. The molecule has 0 aliphatic heterocycles. The van der Waals surface area contributed by atoms with Gasteiger partial charge in [0.15, 0.2) is 0 Å². The van der Waals surface area contributed by atoms with Crippen LogP contribution < -0.4 is 0 Å². The molecule has 0 fully saturated rings. The van der Waals surface area contributed by atoms with E-state index in [9.17, 15) is 0 Å². The summed E-state index contributed by atoms with van der Waals surface area (Å²) in [5.74, 6) is 2.00. The van der Waals surface area contributed by atoms with Crippen molar-refractivity contribution in [1.82, 2.24) is 0 Å². The molecule has 0 heteroatoms. The molecule has 0 heterocycles. The molecule has 0 aromatic heterocycles. The zero-order chi connectivity index (χ0) is 25.4. The second-order valence-corrected chi connectivity index (χ2v) is 10.9. The molecule has 37 heavy (non-hydrogen) atoms. The highest BCUT2D eigenvalue weighted by Gasteiger charge is 2.41. The quantitative estimate of drug-likeness (QED) is 0.400. The van der Waals surface area contributed by atoms with Crippen molar-refractivity contribution in [2.75, 3.05) is 0 Å². The summed E-state index contributed by atoms with van der Waals surface area (Å²) in [6.45, 7) is 7.12. The predicted octanol–water partition coefficient (Wildman–Crippen LogP) is 9.58. The largest absolute Gasteiger partial charge is 0.0726 e. The third kappa shape index (κ3) is 4.19. The highest BCUT2D eigenvalue weighted by atomic mass is 14.4. The van der Waals surface area contributed by atoms with E-state index in [4.69, 9.17) is 0 Å². The second kappa shape index (κ2) is 10.0. The summed E-state index contributed by atoms with van der Waals surface area (Å²) in [6, 6.07) is 22.0. The van der Waals surface area contributed by atoms with E-state index < -0.39 is 0 Å². The molecule has 6 rings (SSSR count). The third-order valence-corrected chi connectivity index (χ3v) is 8.78. The van der Waals surface area contributed by atoms with Crippen LogP contribution in [-0.4, -0.2) is 0 Å². The minimum atomic E-state index is 0.308. The van der Waals surface area contributed by atoms with Crippen molar-refractivity contribution in [2.45, 2.75) is 39.0 Å². The molecule has 0 nitrogen and oxygen atoms in total. The van der Waals surface area contributed by atoms with Crippen LogP contribution in [0.4, 0.5) is 0 Å². The van der Waals surface area contributed by atoms with Gasteiger partial charge in [-0.05, 0) is 53.2 Å². The van der Waals surface area contributed by atoms with E-state index in [0.29, 0.717) is 29.6 Å². The molecule has 2 aromatic carbocycles. The molecule has 184 valence electrons. The Hall–Kier alpha value is -3.64. The summed E-state index contributed by atoms with van der Waals surface area (Å²) in [5, 5.41) is 0. The Morgan fingerprint density at radius 1 is 0.568 bits per heavy atom. The van der Waals surface area contributed by atoms with Crippen LogP contribution in [0.1, 0.15) is 50.2 Å². The molecule has 0 amide bonds. The molecule has 4 aliphatic rings. The molecule has 2 aromatic rings. The summed E-state index contributed by atoms with van der Waals surface area (Å²) in [4.78, 5) is 0. The number of hydrogen-bond donors (Lipinski definition) is 0. The van der Waals surface area contributed by atoms with Gasteiger partial charge < -0.3 is 0 Å². The first-order valence-electron chi connectivity index (χ1n) is 13.8. The Morgan fingerprint density at radius 3 is 1.41 bits per heavy atom. The fourth-order valence-corrected chi connectivity index (χ4v) is 7.20. The van der Waals surface area contributed by atoms with Gasteiger partial charge in [0.25, 0.3) is 0 Å². The zero-order valence-corrected chi connectivity index (χ0v) is 22.1. The van der Waals surface area contributed by atoms with Crippen molar-refractivity contribution < 1.29 is 0 Å². The maximum Gasteiger partial charge on any atom is 0.0275 e. The van der Waals surface area contributed by atoms with Gasteiger partial charge in [0.05, 0.1) is 0 Å². The van der Waals surface area contributed by atoms with Gasteiger partial charge in [-0.2, -0.15) is 0 Å². The van der Waals surface area contributed by atoms with Crippen LogP contribution in [0.15, 0.2) is 155 Å². The highest BCUT2D eigenvalue weighted by molar-refractivity contribution is 5.59. The Balaban J connectivity index is 1.42. The fraction of sp³-hybridized carbons (Fsp3) is 0.243. The van der Waals surface area contributed by atoms with Crippen molar-refractivity contribution in [1.29, 1.82) is 0 Å². The average molecular weight is 481 g/mol. The normalized spacial score (nSPS) is 27.0. The Bertz CT molecular complexity index is 1310. The summed E-state index contributed by atoms with van der Waals surface area (Å²) >= 11 is 0. The van der Waals surface area contributed by atoms with E-state index in [1.165, 1.54) is 44.6 Å². The molecular formula is C37H36. The predicted molar refractivity (Wildman–Crippen MR) is 157 cm³/mol. The van der Waals surface area contributed by atoms with Crippen LogP contribution in [0, 0.1) is 17.8 Å². The molecule has 0 radical (unpaired) electrons. The molecule has 0 saturated carbocycles. The molecule has 0 bridgehead atoms. The minimum Gasteiger partial charge on any atom is -0.0726 e. The van der Waals surface area contributed by atoms with Gasteiger partial charge in [0, 0.05) is 23.7 Å². The zero-order valence-electron chi connectivity index (χ0n) is 22.1. The van der Waals surface area contributed by atoms with Crippen molar-refractivity contribution >= 4 is 0 Å². The van der Waals surface area contributed by atoms with Gasteiger partial charge in [0.1, 0.15) is 0 Å². The summed E-state index contributed by atoms with van der Waals surface area (Å²) in [7, 11) is 0.